The van der Waals surface area contributed by atoms with Gasteiger partial charge >= 0.3 is 6.16 Å². The Hall–Kier alpha value is -3.53. The van der Waals surface area contributed by atoms with Gasteiger partial charge in [0.15, 0.2) is 0 Å². The van der Waals surface area contributed by atoms with Crippen LogP contribution in [0.25, 0.3) is 0 Å². The average Bonchev–Trinajstić information content (AvgIpc) is 3.26. The number of carbonyl (C=O) groups excluding carboxylic acids is 1. The van der Waals surface area contributed by atoms with Gasteiger partial charge in [0.05, 0.1) is 6.61 Å². The van der Waals surface area contributed by atoms with Crippen molar-refractivity contribution in [2.75, 3.05) is 24.7 Å². The van der Waals surface area contributed by atoms with Gasteiger partial charge in [0, 0.05) is 23.6 Å². The fraction of sp³-hybridized carbons (Fsp3) is 0.179. The molecule has 0 spiro atoms. The smallest absolute Gasteiger partial charge is 0.492 e. The standard InChI is InChI=1S/C28H27NO6S2/c30-25-16-17-26(31)29(25)35-27(32)33-18-20-36-37-21-19-34-28(22-10-4-1-5-11-22,23-12-6-2-7-13-23)24-14-8-3-9-15-24/h1-17,30-31H,18-21H2. The lowest BCUT2D eigenvalue weighted by molar-refractivity contribution is 0.0234. The summed E-state index contributed by atoms with van der Waals surface area (Å²) in [5.41, 5.74) is 2.41. The molecule has 4 aromatic rings. The number of ether oxygens (including phenoxy) is 2. The Morgan fingerprint density at radius 1 is 0.676 bits per heavy atom. The zero-order chi connectivity index (χ0) is 25.9. The Labute approximate surface area is 223 Å². The quantitative estimate of drug-likeness (QED) is 0.101. The summed E-state index contributed by atoms with van der Waals surface area (Å²) < 4.78 is 12.3. The van der Waals surface area contributed by atoms with Crippen molar-refractivity contribution in [2.24, 2.45) is 0 Å². The fourth-order valence-corrected chi connectivity index (χ4v) is 5.52. The molecule has 192 valence electrons. The minimum atomic E-state index is -1.02. The summed E-state index contributed by atoms with van der Waals surface area (Å²) in [4.78, 5) is 16.5. The van der Waals surface area contributed by atoms with Crippen molar-refractivity contribution in [1.29, 1.82) is 0 Å². The van der Waals surface area contributed by atoms with Crippen molar-refractivity contribution in [3.05, 3.63) is 120 Å². The molecule has 0 fully saturated rings. The van der Waals surface area contributed by atoms with Gasteiger partial charge in [-0.25, -0.2) is 4.79 Å². The highest BCUT2D eigenvalue weighted by Gasteiger charge is 2.37. The number of rotatable bonds is 12. The van der Waals surface area contributed by atoms with Crippen molar-refractivity contribution < 1.29 is 29.3 Å². The van der Waals surface area contributed by atoms with Crippen LogP contribution >= 0.6 is 21.6 Å². The van der Waals surface area contributed by atoms with Gasteiger partial charge < -0.3 is 19.7 Å². The van der Waals surface area contributed by atoms with E-state index in [1.54, 1.807) is 21.6 Å². The van der Waals surface area contributed by atoms with Crippen LogP contribution in [0, 0.1) is 0 Å². The first-order chi connectivity index (χ1) is 18.1. The lowest BCUT2D eigenvalue weighted by Crippen LogP contribution is -2.33. The molecule has 7 nitrogen and oxygen atoms in total. The molecule has 0 atom stereocenters. The van der Waals surface area contributed by atoms with E-state index in [0.29, 0.717) is 22.8 Å². The lowest BCUT2D eigenvalue weighted by Gasteiger charge is -2.36. The van der Waals surface area contributed by atoms with Crippen LogP contribution in [-0.4, -0.2) is 45.8 Å². The van der Waals surface area contributed by atoms with Crippen LogP contribution in [0.1, 0.15) is 16.7 Å². The molecule has 9 heteroatoms. The zero-order valence-electron chi connectivity index (χ0n) is 19.9. The Bertz CT molecular complexity index is 1140. The summed E-state index contributed by atoms with van der Waals surface area (Å²) in [7, 11) is 3.16. The highest BCUT2D eigenvalue weighted by molar-refractivity contribution is 8.76. The molecular formula is C28H27NO6S2. The van der Waals surface area contributed by atoms with E-state index < -0.39 is 23.5 Å². The van der Waals surface area contributed by atoms with Gasteiger partial charge in [0.1, 0.15) is 12.2 Å². The largest absolute Gasteiger partial charge is 0.533 e. The van der Waals surface area contributed by atoms with Crippen molar-refractivity contribution in [2.45, 2.75) is 5.60 Å². The summed E-state index contributed by atoms with van der Waals surface area (Å²) in [6, 6.07) is 33.0. The second kappa shape index (κ2) is 13.1. The van der Waals surface area contributed by atoms with E-state index in [0.717, 1.165) is 16.7 Å². The molecule has 0 radical (unpaired) electrons. The maximum absolute atomic E-state index is 11.7. The Morgan fingerprint density at radius 2 is 1.11 bits per heavy atom. The van der Waals surface area contributed by atoms with Gasteiger partial charge in [-0.2, -0.15) is 0 Å². The van der Waals surface area contributed by atoms with E-state index >= 15 is 0 Å². The number of nitrogens with zero attached hydrogens (tertiary/aromatic N) is 1. The molecule has 0 aliphatic rings. The molecule has 1 heterocycles. The number of aromatic hydroxyl groups is 2. The average molecular weight is 538 g/mol. The Balaban J connectivity index is 1.32. The highest BCUT2D eigenvalue weighted by Crippen LogP contribution is 2.40. The number of carbonyl (C=O) groups is 1. The molecule has 1 aromatic heterocycles. The van der Waals surface area contributed by atoms with E-state index in [9.17, 15) is 15.0 Å². The minimum absolute atomic E-state index is 0.113. The van der Waals surface area contributed by atoms with Gasteiger partial charge in [0.25, 0.3) is 0 Å². The molecule has 4 rings (SSSR count). The maximum atomic E-state index is 11.7. The van der Waals surface area contributed by atoms with Gasteiger partial charge in [-0.15, -0.1) is 4.73 Å². The third-order valence-corrected chi connectivity index (χ3v) is 7.79. The summed E-state index contributed by atoms with van der Waals surface area (Å²) in [6.07, 6.45) is -1.02. The van der Waals surface area contributed by atoms with Crippen molar-refractivity contribution in [3.63, 3.8) is 0 Å². The van der Waals surface area contributed by atoms with E-state index in [4.69, 9.17) is 14.3 Å². The van der Waals surface area contributed by atoms with Gasteiger partial charge in [-0.3, -0.25) is 4.84 Å². The summed E-state index contributed by atoms with van der Waals surface area (Å²) >= 11 is 0. The lowest BCUT2D eigenvalue weighted by atomic mass is 9.80. The monoisotopic (exact) mass is 537 g/mol. The summed E-state index contributed by atoms with van der Waals surface area (Å²) in [5, 5.41) is 19.0. The van der Waals surface area contributed by atoms with Crippen molar-refractivity contribution >= 4 is 27.7 Å². The van der Waals surface area contributed by atoms with Crippen LogP contribution in [0.15, 0.2) is 103 Å². The molecule has 0 amide bonds. The van der Waals surface area contributed by atoms with Crippen LogP contribution in [0.4, 0.5) is 4.79 Å². The normalized spacial score (nSPS) is 11.2. The first-order valence-corrected chi connectivity index (χ1v) is 14.1. The van der Waals surface area contributed by atoms with Gasteiger partial charge in [-0.05, 0) is 16.7 Å². The zero-order valence-corrected chi connectivity index (χ0v) is 21.6. The van der Waals surface area contributed by atoms with Crippen LogP contribution in [0.2, 0.25) is 0 Å². The van der Waals surface area contributed by atoms with Crippen LogP contribution in [-0.2, 0) is 15.1 Å². The van der Waals surface area contributed by atoms with Gasteiger partial charge in [0.2, 0.25) is 11.8 Å². The van der Waals surface area contributed by atoms with E-state index in [1.165, 1.54) is 12.1 Å². The molecule has 2 N–H and O–H groups in total. The highest BCUT2D eigenvalue weighted by atomic mass is 33.1. The predicted molar refractivity (Wildman–Crippen MR) is 146 cm³/mol. The third kappa shape index (κ3) is 6.62. The molecule has 3 aromatic carbocycles. The number of hydrogen-bond acceptors (Lipinski definition) is 8. The maximum Gasteiger partial charge on any atom is 0.533 e. The number of benzene rings is 3. The molecule has 0 unspecified atom stereocenters. The molecule has 0 saturated heterocycles. The molecular weight excluding hydrogens is 510 g/mol. The topological polar surface area (TPSA) is 90.2 Å². The Morgan fingerprint density at radius 3 is 1.57 bits per heavy atom. The van der Waals surface area contributed by atoms with Gasteiger partial charge in [-0.1, -0.05) is 113 Å². The van der Waals surface area contributed by atoms with E-state index in [1.807, 2.05) is 54.6 Å². The molecule has 0 bridgehead atoms. The van der Waals surface area contributed by atoms with E-state index in [2.05, 4.69) is 36.4 Å². The first-order valence-electron chi connectivity index (χ1n) is 11.6. The summed E-state index contributed by atoms with van der Waals surface area (Å²) in [5.74, 6) is 0.438. The third-order valence-electron chi connectivity index (χ3n) is 5.46. The van der Waals surface area contributed by atoms with Crippen LogP contribution < -0.4 is 4.84 Å². The second-order valence-electron chi connectivity index (χ2n) is 7.81. The van der Waals surface area contributed by atoms with Crippen LogP contribution in [0.3, 0.4) is 0 Å². The molecule has 0 aliphatic heterocycles. The number of hydrogen-bond donors (Lipinski definition) is 2. The minimum Gasteiger partial charge on any atom is -0.492 e. The Kier molecular flexibility index (Phi) is 9.42. The van der Waals surface area contributed by atoms with Crippen molar-refractivity contribution in [1.82, 2.24) is 4.73 Å². The van der Waals surface area contributed by atoms with E-state index in [-0.39, 0.29) is 6.61 Å². The first kappa shape index (κ1) is 26.5. The summed E-state index contributed by atoms with van der Waals surface area (Å²) in [6.45, 7) is 0.605. The second-order valence-corrected chi connectivity index (χ2v) is 10.5. The molecule has 0 saturated carbocycles. The van der Waals surface area contributed by atoms with Crippen molar-refractivity contribution in [3.8, 4) is 11.8 Å². The molecule has 0 aliphatic carbocycles. The van der Waals surface area contributed by atoms with Crippen LogP contribution in [0.5, 0.6) is 11.8 Å². The SMILES string of the molecule is O=C(OCCSSCCOC(c1ccccc1)(c1ccccc1)c1ccccc1)On1c(O)ccc1O. The molecule has 37 heavy (non-hydrogen) atoms. The fourth-order valence-electron chi connectivity index (χ4n) is 3.87. The number of aromatic nitrogens is 1. The predicted octanol–water partition coefficient (Wildman–Crippen LogP) is 5.85.